The van der Waals surface area contributed by atoms with Crippen LogP contribution in [0.4, 0.5) is 4.39 Å². The van der Waals surface area contributed by atoms with E-state index >= 15 is 0 Å². The second kappa shape index (κ2) is 6.32. The summed E-state index contributed by atoms with van der Waals surface area (Å²) in [6, 6.07) is 8.51. The zero-order valence-corrected chi connectivity index (χ0v) is 11.5. The highest BCUT2D eigenvalue weighted by Crippen LogP contribution is 2.26. The average Bonchev–Trinajstić information content (AvgIpc) is 2.77. The molecule has 0 bridgehead atoms. The van der Waals surface area contributed by atoms with E-state index in [1.165, 1.54) is 17.0 Å². The van der Waals surface area contributed by atoms with Gasteiger partial charge in [-0.2, -0.15) is 0 Å². The van der Waals surface area contributed by atoms with Gasteiger partial charge in [0, 0.05) is 4.88 Å². The molecule has 1 heterocycles. The van der Waals surface area contributed by atoms with Crippen LogP contribution in [0.2, 0.25) is 5.02 Å². The van der Waals surface area contributed by atoms with Crippen LogP contribution in [0.3, 0.4) is 0 Å². The van der Waals surface area contributed by atoms with Crippen LogP contribution in [0.25, 0.3) is 0 Å². The largest absolute Gasteiger partial charge is 0.330 e. The van der Waals surface area contributed by atoms with Gasteiger partial charge in [-0.25, -0.2) is 4.39 Å². The maximum atomic E-state index is 12.8. The van der Waals surface area contributed by atoms with Gasteiger partial charge in [-0.1, -0.05) is 23.7 Å². The molecule has 0 saturated heterocycles. The van der Waals surface area contributed by atoms with Crippen LogP contribution >= 0.6 is 22.9 Å². The molecule has 0 saturated carbocycles. The van der Waals surface area contributed by atoms with Crippen molar-refractivity contribution in [3.63, 3.8) is 0 Å². The van der Waals surface area contributed by atoms with Crippen molar-refractivity contribution in [3.8, 4) is 0 Å². The molecule has 1 unspecified atom stereocenters. The van der Waals surface area contributed by atoms with E-state index in [-0.39, 0.29) is 5.82 Å². The molecule has 1 aromatic carbocycles. The number of hydrogen-bond donors (Lipinski definition) is 1. The van der Waals surface area contributed by atoms with Crippen LogP contribution in [0.15, 0.2) is 35.7 Å². The summed E-state index contributed by atoms with van der Waals surface area (Å²) in [5.74, 6) is 0.135. The molecule has 2 rings (SSSR count). The van der Waals surface area contributed by atoms with Crippen molar-refractivity contribution in [2.75, 3.05) is 6.54 Å². The van der Waals surface area contributed by atoms with Crippen LogP contribution in [0, 0.1) is 11.7 Å². The van der Waals surface area contributed by atoms with E-state index < -0.39 is 0 Å². The Morgan fingerprint density at radius 3 is 2.44 bits per heavy atom. The molecule has 0 spiro atoms. The van der Waals surface area contributed by atoms with Crippen molar-refractivity contribution >= 4 is 22.9 Å². The second-order valence-electron chi connectivity index (χ2n) is 4.33. The van der Waals surface area contributed by atoms with Crippen LogP contribution < -0.4 is 5.73 Å². The van der Waals surface area contributed by atoms with Gasteiger partial charge < -0.3 is 5.73 Å². The highest BCUT2D eigenvalue weighted by molar-refractivity contribution is 7.10. The van der Waals surface area contributed by atoms with Gasteiger partial charge in [-0.05, 0) is 54.4 Å². The van der Waals surface area contributed by atoms with E-state index in [9.17, 15) is 4.39 Å². The van der Waals surface area contributed by atoms with E-state index in [4.69, 9.17) is 17.3 Å². The number of halogens is 2. The third-order valence-electron chi connectivity index (χ3n) is 2.94. The normalized spacial score (nSPS) is 12.6. The Bertz CT molecular complexity index is 495. The molecule has 0 aliphatic carbocycles. The minimum atomic E-state index is -0.204. The van der Waals surface area contributed by atoms with Crippen LogP contribution in [0.1, 0.15) is 10.4 Å². The highest BCUT2D eigenvalue weighted by Gasteiger charge is 2.12. The van der Waals surface area contributed by atoms with Gasteiger partial charge in [0.25, 0.3) is 0 Å². The summed E-state index contributed by atoms with van der Waals surface area (Å²) < 4.78 is 12.8. The molecule has 18 heavy (non-hydrogen) atoms. The lowest BCUT2D eigenvalue weighted by Gasteiger charge is -2.14. The minimum Gasteiger partial charge on any atom is -0.330 e. The molecule has 0 amide bonds. The number of rotatable bonds is 5. The monoisotopic (exact) mass is 283 g/mol. The van der Waals surface area contributed by atoms with Gasteiger partial charge in [0.2, 0.25) is 0 Å². The van der Waals surface area contributed by atoms with Crippen molar-refractivity contribution in [1.29, 1.82) is 0 Å². The first-order chi connectivity index (χ1) is 8.69. The fourth-order valence-corrected chi connectivity index (χ4v) is 3.16. The molecule has 0 fully saturated rings. The molecule has 96 valence electrons. The van der Waals surface area contributed by atoms with Gasteiger partial charge in [-0.3, -0.25) is 0 Å². The van der Waals surface area contributed by atoms with Crippen LogP contribution in [-0.4, -0.2) is 6.54 Å². The van der Waals surface area contributed by atoms with Crippen molar-refractivity contribution in [3.05, 3.63) is 57.0 Å². The van der Waals surface area contributed by atoms with Crippen molar-refractivity contribution in [1.82, 2.24) is 0 Å². The smallest absolute Gasteiger partial charge is 0.123 e. The molecule has 2 aromatic rings. The van der Waals surface area contributed by atoms with Gasteiger partial charge in [0.05, 0.1) is 5.02 Å². The lowest BCUT2D eigenvalue weighted by Crippen LogP contribution is -2.19. The Morgan fingerprint density at radius 1 is 1.17 bits per heavy atom. The Hall–Kier alpha value is -0.900. The maximum Gasteiger partial charge on any atom is 0.123 e. The number of thiophene rings is 1. The predicted octanol–water partition coefficient (Wildman–Crippen LogP) is 3.90. The van der Waals surface area contributed by atoms with E-state index in [1.54, 1.807) is 11.3 Å². The second-order valence-corrected chi connectivity index (χ2v) is 5.74. The van der Waals surface area contributed by atoms with E-state index in [2.05, 4.69) is 0 Å². The summed E-state index contributed by atoms with van der Waals surface area (Å²) in [6.07, 6.45) is 1.73. The predicted molar refractivity (Wildman–Crippen MR) is 75.7 cm³/mol. The van der Waals surface area contributed by atoms with Crippen LogP contribution in [0.5, 0.6) is 0 Å². The first-order valence-corrected chi connectivity index (χ1v) is 7.11. The van der Waals surface area contributed by atoms with E-state index in [0.29, 0.717) is 12.5 Å². The Labute approximate surface area is 115 Å². The standard InChI is InChI=1S/C14H15ClFNS/c15-13-5-6-18-14(13)8-11(9-17)7-10-1-3-12(16)4-2-10/h1-6,11H,7-9,17H2. The Kier molecular flexibility index (Phi) is 4.75. The third-order valence-corrected chi connectivity index (χ3v) is 4.35. The van der Waals surface area contributed by atoms with E-state index in [1.807, 2.05) is 23.6 Å². The summed E-state index contributed by atoms with van der Waals surface area (Å²) in [6.45, 7) is 0.603. The summed E-state index contributed by atoms with van der Waals surface area (Å²) in [5, 5.41) is 2.81. The maximum absolute atomic E-state index is 12.8. The molecular formula is C14H15ClFNS. The molecular weight excluding hydrogens is 269 g/mol. The van der Waals surface area contributed by atoms with Crippen molar-refractivity contribution in [2.24, 2.45) is 11.7 Å². The first kappa shape index (κ1) is 13.5. The summed E-state index contributed by atoms with van der Waals surface area (Å²) >= 11 is 7.74. The molecule has 1 aromatic heterocycles. The Balaban J connectivity index is 2.01. The topological polar surface area (TPSA) is 26.0 Å². The molecule has 1 nitrogen and oxygen atoms in total. The number of hydrogen-bond acceptors (Lipinski definition) is 2. The first-order valence-electron chi connectivity index (χ1n) is 5.85. The SMILES string of the molecule is NCC(Cc1ccc(F)cc1)Cc1sccc1Cl. The fraction of sp³-hybridized carbons (Fsp3) is 0.286. The minimum absolute atomic E-state index is 0.204. The van der Waals surface area contributed by atoms with Gasteiger partial charge in [0.15, 0.2) is 0 Å². The molecule has 0 aliphatic heterocycles. The molecule has 2 N–H and O–H groups in total. The highest BCUT2D eigenvalue weighted by atomic mass is 35.5. The van der Waals surface area contributed by atoms with Gasteiger partial charge in [0.1, 0.15) is 5.82 Å². The fourth-order valence-electron chi connectivity index (χ4n) is 1.93. The van der Waals surface area contributed by atoms with Crippen molar-refractivity contribution < 1.29 is 4.39 Å². The van der Waals surface area contributed by atoms with E-state index in [0.717, 1.165) is 23.4 Å². The van der Waals surface area contributed by atoms with Gasteiger partial charge >= 0.3 is 0 Å². The zero-order valence-electron chi connectivity index (χ0n) is 9.90. The zero-order chi connectivity index (χ0) is 13.0. The molecule has 0 radical (unpaired) electrons. The van der Waals surface area contributed by atoms with Crippen molar-refractivity contribution in [2.45, 2.75) is 12.8 Å². The summed E-state index contributed by atoms with van der Waals surface area (Å²) in [7, 11) is 0. The lowest BCUT2D eigenvalue weighted by atomic mass is 9.95. The number of nitrogens with two attached hydrogens (primary N) is 1. The summed E-state index contributed by atoms with van der Waals surface area (Å²) in [4.78, 5) is 1.18. The Morgan fingerprint density at radius 2 is 1.89 bits per heavy atom. The van der Waals surface area contributed by atoms with Crippen LogP contribution in [-0.2, 0) is 12.8 Å². The molecule has 1 atom stereocenters. The quantitative estimate of drug-likeness (QED) is 0.885. The summed E-state index contributed by atoms with van der Waals surface area (Å²) in [5.41, 5.74) is 6.92. The van der Waals surface area contributed by atoms with Gasteiger partial charge in [-0.15, -0.1) is 11.3 Å². The average molecular weight is 284 g/mol. The third kappa shape index (κ3) is 3.55. The molecule has 4 heteroatoms. The lowest BCUT2D eigenvalue weighted by molar-refractivity contribution is 0.536. The molecule has 0 aliphatic rings. The number of benzene rings is 1.